The smallest absolute Gasteiger partial charge is 0.226 e. The number of fused-ring (bicyclic) bond motifs is 4. The Bertz CT molecular complexity index is 1100. The summed E-state index contributed by atoms with van der Waals surface area (Å²) in [5, 5.41) is 0.0748. The molecule has 3 fully saturated rings. The molecule has 9 nitrogen and oxygen atoms in total. The van der Waals surface area contributed by atoms with E-state index in [1.165, 1.54) is 0 Å². The van der Waals surface area contributed by atoms with Crippen molar-refractivity contribution in [2.75, 3.05) is 19.0 Å². The van der Waals surface area contributed by atoms with Crippen molar-refractivity contribution in [1.82, 2.24) is 19.5 Å². The number of nitrogens with two attached hydrogens (primary N) is 1. The first-order valence-electron chi connectivity index (χ1n) is 10.0. The lowest BCUT2D eigenvalue weighted by atomic mass is 9.99. The topological polar surface area (TPSA) is 114 Å². The summed E-state index contributed by atoms with van der Waals surface area (Å²) >= 11 is 6.06. The van der Waals surface area contributed by atoms with Crippen LogP contribution in [0.3, 0.4) is 0 Å². The quantitative estimate of drug-likeness (QED) is 0.539. The van der Waals surface area contributed by atoms with E-state index < -0.39 is 13.2 Å². The summed E-state index contributed by atoms with van der Waals surface area (Å²) in [6.07, 6.45) is 4.23. The Morgan fingerprint density at radius 3 is 2.93 bits per heavy atom. The zero-order valence-corrected chi connectivity index (χ0v) is 18.9. The first-order chi connectivity index (χ1) is 14.1. The lowest BCUT2D eigenvalue weighted by Gasteiger charge is -2.24. The molecule has 2 aromatic heterocycles. The molecule has 30 heavy (non-hydrogen) atoms. The van der Waals surface area contributed by atoms with Crippen molar-refractivity contribution >= 4 is 36.0 Å². The molecule has 1 saturated heterocycles. The largest absolute Gasteiger partial charge is 0.382 e. The maximum atomic E-state index is 12.7. The molecule has 162 valence electrons. The Kier molecular flexibility index (Phi) is 4.42. The molecular formula is C19H25ClN5O4P. The molecule has 2 N–H and O–H groups in total. The second-order valence-electron chi connectivity index (χ2n) is 8.78. The van der Waals surface area contributed by atoms with E-state index in [1.54, 1.807) is 18.8 Å². The minimum atomic E-state index is -2.81. The lowest BCUT2D eigenvalue weighted by molar-refractivity contribution is -0.159. The van der Waals surface area contributed by atoms with Crippen molar-refractivity contribution in [3.05, 3.63) is 23.5 Å². The van der Waals surface area contributed by atoms with Crippen molar-refractivity contribution in [3.8, 4) is 0 Å². The van der Waals surface area contributed by atoms with Gasteiger partial charge in [0.15, 0.2) is 17.3 Å². The summed E-state index contributed by atoms with van der Waals surface area (Å²) in [7, 11) is -2.81. The maximum absolute atomic E-state index is 12.7. The van der Waals surface area contributed by atoms with Crippen LogP contribution in [0.4, 0.5) is 5.82 Å². The van der Waals surface area contributed by atoms with E-state index in [1.807, 2.05) is 31.4 Å². The van der Waals surface area contributed by atoms with Crippen LogP contribution in [0.25, 0.3) is 11.2 Å². The number of halogens is 1. The first-order valence-corrected chi connectivity index (χ1v) is 12.5. The van der Waals surface area contributed by atoms with Gasteiger partial charge in [-0.05, 0) is 50.5 Å². The van der Waals surface area contributed by atoms with Crippen molar-refractivity contribution in [2.45, 2.75) is 51.2 Å². The summed E-state index contributed by atoms with van der Waals surface area (Å²) in [5.74, 6) is 1.45. The number of aromatic nitrogens is 4. The van der Waals surface area contributed by atoms with E-state index in [0.29, 0.717) is 17.8 Å². The van der Waals surface area contributed by atoms with Gasteiger partial charge in [-0.1, -0.05) is 6.08 Å². The molecule has 2 aromatic rings. The molecule has 6 atom stereocenters. The van der Waals surface area contributed by atoms with Crippen LogP contribution in [0, 0.1) is 11.3 Å². The highest BCUT2D eigenvalue weighted by Crippen LogP contribution is 2.73. The van der Waals surface area contributed by atoms with Gasteiger partial charge in [0.05, 0.1) is 25.1 Å². The fourth-order valence-electron chi connectivity index (χ4n) is 5.11. The average Bonchev–Trinajstić information content (AvgIpc) is 2.90. The van der Waals surface area contributed by atoms with Crippen LogP contribution in [-0.2, 0) is 18.6 Å². The van der Waals surface area contributed by atoms with Crippen LogP contribution in [0.5, 0.6) is 0 Å². The van der Waals surface area contributed by atoms with Gasteiger partial charge in [0.2, 0.25) is 12.7 Å². The Morgan fingerprint density at radius 2 is 2.20 bits per heavy atom. The molecule has 3 heterocycles. The molecule has 0 bridgehead atoms. The predicted octanol–water partition coefficient (Wildman–Crippen LogP) is 3.60. The monoisotopic (exact) mass is 453 g/mol. The van der Waals surface area contributed by atoms with Crippen LogP contribution < -0.4 is 5.73 Å². The zero-order chi connectivity index (χ0) is 21.5. The summed E-state index contributed by atoms with van der Waals surface area (Å²) in [5.41, 5.74) is 6.80. The Morgan fingerprint density at radius 1 is 1.43 bits per heavy atom. The van der Waals surface area contributed by atoms with Gasteiger partial charge in [0, 0.05) is 12.1 Å². The standard InChI is InChI=1S/C19H25ClN5O4P/c1-5-27-30(4,26)7-6-19-8-10(19)12(13-14(19)29-18(2,3)28-13)25-9-22-11-15(21)23-17(20)24-16(11)25/h6-7,9-10,12-14H,5,8H2,1-4H3,(H2,21,23,24)/b7-6+/t10-,12-,13+,14+,19+,30?/m1/s1. The van der Waals surface area contributed by atoms with Crippen LogP contribution in [0.2, 0.25) is 5.28 Å². The molecule has 2 aliphatic carbocycles. The maximum Gasteiger partial charge on any atom is 0.226 e. The molecule has 3 aliphatic rings. The number of rotatable bonds is 5. The third kappa shape index (κ3) is 3.02. The summed E-state index contributed by atoms with van der Waals surface area (Å²) < 4.78 is 32.7. The number of anilines is 1. The zero-order valence-electron chi connectivity index (χ0n) is 17.3. The molecule has 2 saturated carbocycles. The number of nitrogens with zero attached hydrogens (tertiary/aromatic N) is 4. The fourth-order valence-corrected chi connectivity index (χ4v) is 6.43. The second-order valence-corrected chi connectivity index (χ2v) is 11.5. The van der Waals surface area contributed by atoms with Crippen molar-refractivity contribution in [2.24, 2.45) is 11.3 Å². The molecule has 0 amide bonds. The molecule has 5 rings (SSSR count). The predicted molar refractivity (Wildman–Crippen MR) is 112 cm³/mol. The molecule has 0 spiro atoms. The molecule has 0 aromatic carbocycles. The van der Waals surface area contributed by atoms with E-state index >= 15 is 0 Å². The third-order valence-corrected chi connectivity index (χ3v) is 7.93. The summed E-state index contributed by atoms with van der Waals surface area (Å²) in [4.78, 5) is 12.8. The van der Waals surface area contributed by atoms with Crippen LogP contribution in [0.1, 0.15) is 33.2 Å². The van der Waals surface area contributed by atoms with E-state index in [0.717, 1.165) is 6.42 Å². The minimum Gasteiger partial charge on any atom is -0.382 e. The summed E-state index contributed by atoms with van der Waals surface area (Å²) in [6, 6.07) is -0.0693. The van der Waals surface area contributed by atoms with E-state index in [-0.39, 0.29) is 40.7 Å². The van der Waals surface area contributed by atoms with Gasteiger partial charge in [-0.15, -0.1) is 0 Å². The Balaban J connectivity index is 1.57. The molecule has 11 heteroatoms. The van der Waals surface area contributed by atoms with Crippen molar-refractivity contribution in [1.29, 1.82) is 0 Å². The van der Waals surface area contributed by atoms with E-state index in [9.17, 15) is 4.57 Å². The third-order valence-electron chi connectivity index (χ3n) is 6.29. The Labute approximate surface area is 179 Å². The molecule has 1 unspecified atom stereocenters. The van der Waals surface area contributed by atoms with Crippen molar-refractivity contribution in [3.63, 3.8) is 0 Å². The van der Waals surface area contributed by atoms with Gasteiger partial charge >= 0.3 is 0 Å². The second kappa shape index (κ2) is 6.50. The molecule has 0 radical (unpaired) electrons. The number of hydrogen-bond acceptors (Lipinski definition) is 8. The van der Waals surface area contributed by atoms with Crippen LogP contribution in [-0.4, -0.2) is 50.8 Å². The highest BCUT2D eigenvalue weighted by atomic mass is 35.5. The SMILES string of the molecule is CCOP(C)(=O)/C=C/[C@]12C[C@@H]1[C@@H](n1cnc3c(N)nc(Cl)nc31)[C@@H]1OC(C)(C)O[C@@H]12. The number of ether oxygens (including phenoxy) is 2. The first kappa shape index (κ1) is 20.4. The van der Waals surface area contributed by atoms with Gasteiger partial charge in [-0.2, -0.15) is 9.97 Å². The fraction of sp³-hybridized carbons (Fsp3) is 0.632. The normalized spacial score (nSPS) is 36.2. The van der Waals surface area contributed by atoms with Gasteiger partial charge in [-0.3, -0.25) is 4.57 Å². The van der Waals surface area contributed by atoms with Gasteiger partial charge < -0.3 is 24.3 Å². The van der Waals surface area contributed by atoms with Gasteiger partial charge in [0.1, 0.15) is 11.6 Å². The summed E-state index contributed by atoms with van der Waals surface area (Å²) in [6.45, 7) is 7.68. The molecular weight excluding hydrogens is 429 g/mol. The number of nitrogen functional groups attached to an aromatic ring is 1. The number of imidazole rings is 1. The van der Waals surface area contributed by atoms with Crippen molar-refractivity contribution < 1.29 is 18.6 Å². The van der Waals surface area contributed by atoms with Crippen LogP contribution in [0.15, 0.2) is 18.2 Å². The van der Waals surface area contributed by atoms with Gasteiger partial charge in [-0.25, -0.2) is 4.98 Å². The van der Waals surface area contributed by atoms with E-state index in [4.69, 9.17) is 31.3 Å². The lowest BCUT2D eigenvalue weighted by Crippen LogP contribution is -2.31. The minimum absolute atomic E-state index is 0.0693. The van der Waals surface area contributed by atoms with E-state index in [2.05, 4.69) is 15.0 Å². The Hall–Kier alpha value is -1.51. The number of hydrogen-bond donors (Lipinski definition) is 1. The average molecular weight is 454 g/mol. The molecule has 1 aliphatic heterocycles. The highest BCUT2D eigenvalue weighted by Gasteiger charge is 2.75. The highest BCUT2D eigenvalue weighted by molar-refractivity contribution is 7.61. The van der Waals surface area contributed by atoms with Gasteiger partial charge in [0.25, 0.3) is 0 Å². The van der Waals surface area contributed by atoms with Crippen LogP contribution >= 0.6 is 19.0 Å².